The number of rotatable bonds is 5. The number of fused-ring (bicyclic) bond motifs is 2. The van der Waals surface area contributed by atoms with E-state index in [2.05, 4.69) is 17.4 Å². The van der Waals surface area contributed by atoms with Gasteiger partial charge >= 0.3 is 5.63 Å². The fourth-order valence-corrected chi connectivity index (χ4v) is 5.70. The number of ether oxygens (including phenoxy) is 1. The molecule has 35 heavy (non-hydrogen) atoms. The molecule has 0 radical (unpaired) electrons. The summed E-state index contributed by atoms with van der Waals surface area (Å²) in [5.41, 5.74) is 2.78. The second-order valence-electron chi connectivity index (χ2n) is 9.24. The molecule has 2 amide bonds. The Morgan fingerprint density at radius 3 is 2.43 bits per heavy atom. The fourth-order valence-electron chi connectivity index (χ4n) is 5.70. The highest BCUT2D eigenvalue weighted by molar-refractivity contribution is 5.93. The van der Waals surface area contributed by atoms with Crippen LogP contribution in [0.5, 0.6) is 0 Å². The summed E-state index contributed by atoms with van der Waals surface area (Å²) in [4.78, 5) is 39.0. The molecule has 180 valence electrons. The maximum Gasteiger partial charge on any atom is 0.335 e. The van der Waals surface area contributed by atoms with E-state index in [1.165, 1.54) is 24.0 Å². The maximum absolute atomic E-state index is 13.0. The number of piperidine rings is 1. The van der Waals surface area contributed by atoms with Crippen molar-refractivity contribution >= 4 is 11.8 Å². The Kier molecular flexibility index (Phi) is 6.26. The van der Waals surface area contributed by atoms with Crippen molar-refractivity contribution in [2.75, 3.05) is 20.2 Å². The van der Waals surface area contributed by atoms with Crippen molar-refractivity contribution in [1.29, 1.82) is 0 Å². The quantitative estimate of drug-likeness (QED) is 0.616. The Balaban J connectivity index is 1.36. The molecule has 2 aromatic carbocycles. The molecule has 2 aliphatic rings. The summed E-state index contributed by atoms with van der Waals surface area (Å²) in [6.45, 7) is 1.08. The zero-order valence-corrected chi connectivity index (χ0v) is 19.6. The van der Waals surface area contributed by atoms with Crippen LogP contribution in [0.25, 0.3) is 0 Å². The topological polar surface area (TPSA) is 88.9 Å². The number of methoxy groups -OCH3 is 1. The van der Waals surface area contributed by atoms with Gasteiger partial charge in [-0.1, -0.05) is 54.6 Å². The molecule has 5 rings (SSSR count). The molecule has 1 spiro atoms. The Hall–Kier alpha value is -3.71. The number of carbonyl (C=O) groups excluding carboxylic acids is 2. The Morgan fingerprint density at radius 1 is 1.03 bits per heavy atom. The zero-order chi connectivity index (χ0) is 24.4. The Labute approximate surface area is 203 Å². The number of benzene rings is 2. The van der Waals surface area contributed by atoms with E-state index >= 15 is 0 Å². The molecule has 1 fully saturated rings. The Bertz CT molecular complexity index is 1260. The highest BCUT2D eigenvalue weighted by atomic mass is 16.5. The van der Waals surface area contributed by atoms with E-state index in [1.807, 2.05) is 42.5 Å². The number of nitrogens with one attached hydrogen (secondary N) is 1. The molecule has 1 aliphatic carbocycles. The number of hydrogen-bond donors (Lipinski definition) is 1. The summed E-state index contributed by atoms with van der Waals surface area (Å²) in [5, 5.41) is 3.23. The van der Waals surface area contributed by atoms with Crippen molar-refractivity contribution in [3.8, 4) is 0 Å². The van der Waals surface area contributed by atoms with Crippen LogP contribution in [0.4, 0.5) is 0 Å². The number of hydrogen-bond acceptors (Lipinski definition) is 5. The summed E-state index contributed by atoms with van der Waals surface area (Å²) in [5.74, 6) is -0.204. The van der Waals surface area contributed by atoms with Crippen molar-refractivity contribution in [3.05, 3.63) is 106 Å². The molecule has 1 aliphatic heterocycles. The smallest absolute Gasteiger partial charge is 0.335 e. The van der Waals surface area contributed by atoms with Crippen LogP contribution in [0.3, 0.4) is 0 Å². The molecule has 2 heterocycles. The standard InChI is InChI=1S/C28H28N2O5/c1-34-26-25(29-23(31)17-19-7-3-2-4-8-19)21-9-5-6-10-22(21)28(26)13-15-30(16-14-28)27(33)20-11-12-24(32)35-18-20/h2-12,18,25-26H,13-17H2,1H3,(H,29,31)/t25-,26+/m0/s1. The third kappa shape index (κ3) is 4.28. The minimum absolute atomic E-state index is 0.0479. The van der Waals surface area contributed by atoms with Crippen LogP contribution < -0.4 is 10.9 Å². The predicted molar refractivity (Wildman–Crippen MR) is 130 cm³/mol. The average molecular weight is 473 g/mol. The normalized spacial score (nSPS) is 20.4. The molecule has 1 saturated heterocycles. The highest BCUT2D eigenvalue weighted by Gasteiger charge is 2.54. The summed E-state index contributed by atoms with van der Waals surface area (Å²) in [7, 11) is 1.69. The minimum Gasteiger partial charge on any atom is -0.430 e. The molecule has 3 aromatic rings. The van der Waals surface area contributed by atoms with Crippen LogP contribution in [-0.4, -0.2) is 43.0 Å². The Morgan fingerprint density at radius 2 is 1.74 bits per heavy atom. The van der Waals surface area contributed by atoms with E-state index in [1.54, 1.807) is 12.0 Å². The molecule has 1 N–H and O–H groups in total. The van der Waals surface area contributed by atoms with Crippen molar-refractivity contribution < 1.29 is 18.7 Å². The third-order valence-electron chi connectivity index (χ3n) is 7.35. The monoisotopic (exact) mass is 472 g/mol. The van der Waals surface area contributed by atoms with Gasteiger partial charge in [-0.3, -0.25) is 9.59 Å². The number of nitrogens with zero attached hydrogens (tertiary/aromatic N) is 1. The first-order valence-electron chi connectivity index (χ1n) is 11.9. The lowest BCUT2D eigenvalue weighted by Crippen LogP contribution is -2.51. The SMILES string of the molecule is CO[C@@H]1[C@@H](NC(=O)Cc2ccccc2)c2ccccc2C12CCN(C(=O)c1ccc(=O)oc1)CC2. The van der Waals surface area contributed by atoms with E-state index in [0.29, 0.717) is 37.9 Å². The van der Waals surface area contributed by atoms with Crippen LogP contribution in [-0.2, 0) is 21.4 Å². The first kappa shape index (κ1) is 23.1. The van der Waals surface area contributed by atoms with Crippen LogP contribution in [0.15, 0.2) is 82.2 Å². The molecule has 0 saturated carbocycles. The molecular formula is C28H28N2O5. The van der Waals surface area contributed by atoms with E-state index in [-0.39, 0.29) is 29.4 Å². The molecular weight excluding hydrogens is 444 g/mol. The number of carbonyl (C=O) groups is 2. The molecule has 1 aromatic heterocycles. The van der Waals surface area contributed by atoms with E-state index in [4.69, 9.17) is 9.15 Å². The summed E-state index contributed by atoms with van der Waals surface area (Å²) in [6.07, 6.45) is 2.69. The van der Waals surface area contributed by atoms with Gasteiger partial charge in [0.2, 0.25) is 5.91 Å². The second kappa shape index (κ2) is 9.50. The van der Waals surface area contributed by atoms with Gasteiger partial charge in [-0.25, -0.2) is 4.79 Å². The van der Waals surface area contributed by atoms with Crippen LogP contribution in [0.2, 0.25) is 0 Å². The van der Waals surface area contributed by atoms with Crippen molar-refractivity contribution in [2.45, 2.75) is 36.8 Å². The van der Waals surface area contributed by atoms with Gasteiger partial charge < -0.3 is 19.4 Å². The van der Waals surface area contributed by atoms with Gasteiger partial charge in [0.15, 0.2) is 0 Å². The lowest BCUT2D eigenvalue weighted by Gasteiger charge is -2.44. The lowest BCUT2D eigenvalue weighted by atomic mass is 9.71. The maximum atomic E-state index is 13.0. The molecule has 7 heteroatoms. The van der Waals surface area contributed by atoms with Crippen LogP contribution >= 0.6 is 0 Å². The van der Waals surface area contributed by atoms with Gasteiger partial charge in [-0.15, -0.1) is 0 Å². The minimum atomic E-state index is -0.481. The van der Waals surface area contributed by atoms with E-state index < -0.39 is 5.63 Å². The van der Waals surface area contributed by atoms with Crippen LogP contribution in [0.1, 0.15) is 45.9 Å². The largest absolute Gasteiger partial charge is 0.430 e. The average Bonchev–Trinajstić information content (AvgIpc) is 3.13. The zero-order valence-electron chi connectivity index (χ0n) is 19.6. The van der Waals surface area contributed by atoms with Gasteiger partial charge in [-0.05, 0) is 35.6 Å². The summed E-state index contributed by atoms with van der Waals surface area (Å²) in [6, 6.07) is 20.4. The number of likely N-dealkylation sites (tertiary alicyclic amines) is 1. The van der Waals surface area contributed by atoms with Gasteiger partial charge in [0, 0.05) is 31.7 Å². The van der Waals surface area contributed by atoms with E-state index in [0.717, 1.165) is 11.1 Å². The van der Waals surface area contributed by atoms with Gasteiger partial charge in [-0.2, -0.15) is 0 Å². The van der Waals surface area contributed by atoms with Gasteiger partial charge in [0.05, 0.1) is 24.1 Å². The van der Waals surface area contributed by atoms with Crippen molar-refractivity contribution in [1.82, 2.24) is 10.2 Å². The highest BCUT2D eigenvalue weighted by Crippen LogP contribution is 2.52. The first-order chi connectivity index (χ1) is 17.0. The number of amides is 2. The fraction of sp³-hybridized carbons (Fsp3) is 0.321. The molecule has 0 bridgehead atoms. The molecule has 0 unspecified atom stereocenters. The van der Waals surface area contributed by atoms with Crippen molar-refractivity contribution in [3.63, 3.8) is 0 Å². The summed E-state index contributed by atoms with van der Waals surface area (Å²) >= 11 is 0. The lowest BCUT2D eigenvalue weighted by molar-refractivity contribution is -0.122. The van der Waals surface area contributed by atoms with Gasteiger partial charge in [0.1, 0.15) is 6.26 Å². The van der Waals surface area contributed by atoms with Crippen LogP contribution in [0, 0.1) is 0 Å². The molecule has 2 atom stereocenters. The third-order valence-corrected chi connectivity index (χ3v) is 7.35. The first-order valence-corrected chi connectivity index (χ1v) is 11.9. The molecule has 7 nitrogen and oxygen atoms in total. The van der Waals surface area contributed by atoms with Crippen molar-refractivity contribution in [2.24, 2.45) is 0 Å². The summed E-state index contributed by atoms with van der Waals surface area (Å²) < 4.78 is 11.0. The predicted octanol–water partition coefficient (Wildman–Crippen LogP) is 3.24. The van der Waals surface area contributed by atoms with E-state index in [9.17, 15) is 14.4 Å². The van der Waals surface area contributed by atoms with Gasteiger partial charge in [0.25, 0.3) is 5.91 Å². The second-order valence-corrected chi connectivity index (χ2v) is 9.24.